The van der Waals surface area contributed by atoms with E-state index in [9.17, 15) is 18.0 Å². The van der Waals surface area contributed by atoms with Crippen LogP contribution < -0.4 is 10.1 Å². The normalized spacial score (nSPS) is 20.7. The molecule has 27 heavy (non-hydrogen) atoms. The smallest absolute Gasteiger partial charge is 0.416 e. The summed E-state index contributed by atoms with van der Waals surface area (Å²) in [6.45, 7) is 1.23. The molecule has 0 spiro atoms. The third-order valence-corrected chi connectivity index (χ3v) is 5.24. The third kappa shape index (κ3) is 3.94. The number of carbonyl (C=O) groups excluding carboxylic acids is 1. The number of hydrogen-bond donors (Lipinski definition) is 1. The summed E-state index contributed by atoms with van der Waals surface area (Å²) >= 11 is 0. The summed E-state index contributed by atoms with van der Waals surface area (Å²) in [5.74, 6) is 0.498. The van der Waals surface area contributed by atoms with Gasteiger partial charge in [0.25, 0.3) is 0 Å². The molecule has 2 aromatic carbocycles. The summed E-state index contributed by atoms with van der Waals surface area (Å²) in [7, 11) is 0. The van der Waals surface area contributed by atoms with Crippen LogP contribution in [0.1, 0.15) is 34.6 Å². The van der Waals surface area contributed by atoms with Crippen molar-refractivity contribution in [3.8, 4) is 5.75 Å². The van der Waals surface area contributed by atoms with Gasteiger partial charge in [-0.2, -0.15) is 13.2 Å². The average Bonchev–Trinajstić information content (AvgIpc) is 3.31. The lowest BCUT2D eigenvalue weighted by molar-refractivity contribution is -0.137. The Morgan fingerprint density at radius 3 is 2.85 bits per heavy atom. The molecule has 3 nitrogen and oxygen atoms in total. The number of fused-ring (bicyclic) bond motifs is 1. The van der Waals surface area contributed by atoms with Gasteiger partial charge < -0.3 is 10.1 Å². The van der Waals surface area contributed by atoms with Crippen molar-refractivity contribution >= 4 is 5.91 Å². The molecule has 0 saturated heterocycles. The standard InChI is InChI=1S/C21H20F3NO2/c22-21(23,24)16-3-1-2-14(11-16)17-12-18(17)20(26)25-8-6-13-4-5-19-15(10-13)7-9-27-19/h1-5,10-11,17-18H,6-9,12H2,(H,25,26). The second kappa shape index (κ2) is 6.91. The van der Waals surface area contributed by atoms with Crippen molar-refractivity contribution in [1.29, 1.82) is 0 Å². The molecule has 2 unspecified atom stereocenters. The van der Waals surface area contributed by atoms with Gasteiger partial charge in [0.15, 0.2) is 0 Å². The maximum absolute atomic E-state index is 12.8. The Bertz CT molecular complexity index is 863. The summed E-state index contributed by atoms with van der Waals surface area (Å²) in [6.07, 6.45) is -2.12. The highest BCUT2D eigenvalue weighted by Crippen LogP contribution is 2.48. The quantitative estimate of drug-likeness (QED) is 0.854. The molecule has 1 N–H and O–H groups in total. The molecule has 1 saturated carbocycles. The van der Waals surface area contributed by atoms with Gasteiger partial charge in [-0.3, -0.25) is 4.79 Å². The first-order valence-electron chi connectivity index (χ1n) is 9.11. The van der Waals surface area contributed by atoms with Crippen LogP contribution in [0.5, 0.6) is 5.75 Å². The molecule has 2 aliphatic rings. The number of ether oxygens (including phenoxy) is 1. The van der Waals surface area contributed by atoms with Gasteiger partial charge >= 0.3 is 6.18 Å². The molecule has 1 aliphatic heterocycles. The highest BCUT2D eigenvalue weighted by molar-refractivity contribution is 5.82. The van der Waals surface area contributed by atoms with Gasteiger partial charge in [0.05, 0.1) is 12.2 Å². The first-order chi connectivity index (χ1) is 12.9. The first-order valence-corrected chi connectivity index (χ1v) is 9.11. The van der Waals surface area contributed by atoms with E-state index in [1.165, 1.54) is 11.6 Å². The molecular weight excluding hydrogens is 355 g/mol. The predicted molar refractivity (Wildman–Crippen MR) is 94.6 cm³/mol. The molecule has 0 aromatic heterocycles. The van der Waals surface area contributed by atoms with Crippen LogP contribution in [0.15, 0.2) is 42.5 Å². The minimum absolute atomic E-state index is 0.0816. The average molecular weight is 375 g/mol. The number of rotatable bonds is 5. The topological polar surface area (TPSA) is 38.3 Å². The zero-order valence-electron chi connectivity index (χ0n) is 14.7. The fraction of sp³-hybridized carbons (Fsp3) is 0.381. The lowest BCUT2D eigenvalue weighted by Gasteiger charge is -2.09. The fourth-order valence-corrected chi connectivity index (χ4v) is 3.66. The van der Waals surface area contributed by atoms with E-state index in [4.69, 9.17) is 4.74 Å². The largest absolute Gasteiger partial charge is 0.493 e. The van der Waals surface area contributed by atoms with E-state index in [0.717, 1.165) is 36.3 Å². The van der Waals surface area contributed by atoms with Crippen LogP contribution in [-0.2, 0) is 23.8 Å². The third-order valence-electron chi connectivity index (χ3n) is 5.24. The summed E-state index contributed by atoms with van der Waals surface area (Å²) in [5, 5.41) is 2.91. The van der Waals surface area contributed by atoms with Crippen molar-refractivity contribution < 1.29 is 22.7 Å². The molecule has 142 valence electrons. The lowest BCUT2D eigenvalue weighted by Crippen LogP contribution is -2.27. The second-order valence-corrected chi connectivity index (χ2v) is 7.15. The van der Waals surface area contributed by atoms with Gasteiger partial charge in [-0.05, 0) is 47.6 Å². The van der Waals surface area contributed by atoms with Gasteiger partial charge in [-0.15, -0.1) is 0 Å². The van der Waals surface area contributed by atoms with E-state index in [1.807, 2.05) is 12.1 Å². The SMILES string of the molecule is O=C(NCCc1ccc2c(c1)CCO2)C1CC1c1cccc(C(F)(F)F)c1. The van der Waals surface area contributed by atoms with E-state index in [1.54, 1.807) is 6.07 Å². The van der Waals surface area contributed by atoms with Gasteiger partial charge in [-0.25, -0.2) is 0 Å². The molecule has 2 aromatic rings. The minimum atomic E-state index is -4.36. The van der Waals surface area contributed by atoms with Crippen LogP contribution in [0.25, 0.3) is 0 Å². The van der Waals surface area contributed by atoms with Gasteiger partial charge in [0.2, 0.25) is 5.91 Å². The van der Waals surface area contributed by atoms with Gasteiger partial charge in [0, 0.05) is 18.9 Å². The second-order valence-electron chi connectivity index (χ2n) is 7.15. The molecular formula is C21H20F3NO2. The number of hydrogen-bond acceptors (Lipinski definition) is 2. The Morgan fingerprint density at radius 2 is 2.04 bits per heavy atom. The van der Waals surface area contributed by atoms with Crippen molar-refractivity contribution in [1.82, 2.24) is 5.32 Å². The molecule has 0 bridgehead atoms. The van der Waals surface area contributed by atoms with Gasteiger partial charge in [-0.1, -0.05) is 30.3 Å². The van der Waals surface area contributed by atoms with Crippen molar-refractivity contribution in [2.75, 3.05) is 13.2 Å². The minimum Gasteiger partial charge on any atom is -0.493 e. The van der Waals surface area contributed by atoms with E-state index in [2.05, 4.69) is 11.4 Å². The molecule has 1 amide bonds. The molecule has 1 aliphatic carbocycles. The zero-order chi connectivity index (χ0) is 19.0. The Balaban J connectivity index is 1.29. The molecule has 1 fully saturated rings. The van der Waals surface area contributed by atoms with Crippen LogP contribution in [-0.4, -0.2) is 19.1 Å². The van der Waals surface area contributed by atoms with Gasteiger partial charge in [0.1, 0.15) is 5.75 Å². The van der Waals surface area contributed by atoms with E-state index in [0.29, 0.717) is 25.1 Å². The van der Waals surface area contributed by atoms with Crippen LogP contribution in [0, 0.1) is 5.92 Å². The summed E-state index contributed by atoms with van der Waals surface area (Å²) in [4.78, 5) is 12.3. The summed E-state index contributed by atoms with van der Waals surface area (Å²) in [6, 6.07) is 11.4. The monoisotopic (exact) mass is 375 g/mol. The van der Waals surface area contributed by atoms with Crippen molar-refractivity contribution in [3.05, 3.63) is 64.7 Å². The van der Waals surface area contributed by atoms with E-state index >= 15 is 0 Å². The number of nitrogens with one attached hydrogen (secondary N) is 1. The maximum Gasteiger partial charge on any atom is 0.416 e. The number of alkyl halides is 3. The lowest BCUT2D eigenvalue weighted by atomic mass is 10.0. The molecule has 6 heteroatoms. The Labute approximate surface area is 155 Å². The highest BCUT2D eigenvalue weighted by Gasteiger charge is 2.44. The Morgan fingerprint density at radius 1 is 1.19 bits per heavy atom. The van der Waals surface area contributed by atoms with E-state index < -0.39 is 11.7 Å². The Kier molecular flexibility index (Phi) is 4.58. The molecule has 2 atom stereocenters. The summed E-state index contributed by atoms with van der Waals surface area (Å²) in [5.41, 5.74) is 2.27. The molecule has 4 rings (SSSR count). The maximum atomic E-state index is 12.8. The molecule has 0 radical (unpaired) electrons. The van der Waals surface area contributed by atoms with Crippen molar-refractivity contribution in [2.24, 2.45) is 5.92 Å². The molecule has 1 heterocycles. The van der Waals surface area contributed by atoms with Crippen LogP contribution >= 0.6 is 0 Å². The van der Waals surface area contributed by atoms with Crippen molar-refractivity contribution in [2.45, 2.75) is 31.4 Å². The predicted octanol–water partition coefficient (Wildman–Crippen LogP) is 4.10. The van der Waals surface area contributed by atoms with Crippen LogP contribution in [0.3, 0.4) is 0 Å². The number of halogens is 3. The van der Waals surface area contributed by atoms with Crippen LogP contribution in [0.4, 0.5) is 13.2 Å². The number of benzene rings is 2. The zero-order valence-corrected chi connectivity index (χ0v) is 14.7. The Hall–Kier alpha value is -2.50. The van der Waals surface area contributed by atoms with E-state index in [-0.39, 0.29) is 17.7 Å². The summed E-state index contributed by atoms with van der Waals surface area (Å²) < 4.78 is 44.0. The fourth-order valence-electron chi connectivity index (χ4n) is 3.66. The van der Waals surface area contributed by atoms with Crippen molar-refractivity contribution in [3.63, 3.8) is 0 Å². The number of amides is 1. The first kappa shape index (κ1) is 17.9. The number of carbonyl (C=O) groups is 1. The van der Waals surface area contributed by atoms with Crippen LogP contribution in [0.2, 0.25) is 0 Å². The highest BCUT2D eigenvalue weighted by atomic mass is 19.4.